The van der Waals surface area contributed by atoms with Crippen LogP contribution in [-0.4, -0.2) is 13.0 Å². The van der Waals surface area contributed by atoms with Crippen molar-refractivity contribution in [1.29, 1.82) is 0 Å². The summed E-state index contributed by atoms with van der Waals surface area (Å²) in [6.45, 7) is 4.39. The molecule has 0 saturated heterocycles. The monoisotopic (exact) mass is 334 g/mol. The van der Waals surface area contributed by atoms with E-state index < -0.39 is 10.1 Å². The maximum atomic E-state index is 11.0. The van der Waals surface area contributed by atoms with E-state index in [0.29, 0.717) is 5.92 Å². The van der Waals surface area contributed by atoms with Gasteiger partial charge in [0.2, 0.25) is 0 Å². The summed E-state index contributed by atoms with van der Waals surface area (Å²) < 4.78 is 32.9. The van der Waals surface area contributed by atoms with Crippen molar-refractivity contribution < 1.29 is 42.5 Å². The minimum absolute atomic E-state index is 0. The Bertz CT molecular complexity index is 497. The Morgan fingerprint density at radius 2 is 1.45 bits per heavy atom. The maximum Gasteiger partial charge on any atom is 1.00 e. The summed E-state index contributed by atoms with van der Waals surface area (Å²) in [6, 6.07) is 6.52. The number of rotatable bonds is 10. The van der Waals surface area contributed by atoms with E-state index >= 15 is 0 Å². The summed E-state index contributed by atoms with van der Waals surface area (Å²) in [4.78, 5) is -0.133. The predicted octanol–water partition coefficient (Wildman–Crippen LogP) is 1.84. The number of benzene rings is 1. The molecule has 5 heteroatoms. The van der Waals surface area contributed by atoms with Crippen LogP contribution in [0.5, 0.6) is 0 Å². The molecule has 22 heavy (non-hydrogen) atoms. The van der Waals surface area contributed by atoms with Crippen LogP contribution < -0.4 is 29.6 Å². The van der Waals surface area contributed by atoms with Crippen LogP contribution in [0.3, 0.4) is 0 Å². The summed E-state index contributed by atoms with van der Waals surface area (Å²) in [5.74, 6) is 0.477. The Kier molecular flexibility index (Phi) is 11.7. The summed E-state index contributed by atoms with van der Waals surface area (Å²) in [5.41, 5.74) is 1.16. The molecule has 1 unspecified atom stereocenters. The van der Waals surface area contributed by atoms with Gasteiger partial charge in [-0.1, -0.05) is 64.5 Å². The van der Waals surface area contributed by atoms with E-state index in [1.54, 1.807) is 0 Å². The zero-order valence-corrected chi connectivity index (χ0v) is 17.0. The molecule has 0 amide bonds. The van der Waals surface area contributed by atoms with E-state index in [4.69, 9.17) is 0 Å². The van der Waals surface area contributed by atoms with E-state index in [9.17, 15) is 13.0 Å². The maximum absolute atomic E-state index is 11.0. The SMILES string of the molecule is CCCCCCC(CCCC)c1ccc(S(=O)(=O)[O-])cc1.[Na+]. The van der Waals surface area contributed by atoms with Crippen molar-refractivity contribution in [3.05, 3.63) is 29.8 Å². The second-order valence-electron chi connectivity index (χ2n) is 5.71. The molecule has 0 bridgehead atoms. The van der Waals surface area contributed by atoms with Crippen LogP contribution in [0.1, 0.15) is 76.7 Å². The molecule has 120 valence electrons. The quantitative estimate of drug-likeness (QED) is 0.373. The van der Waals surface area contributed by atoms with E-state index in [-0.39, 0.29) is 34.5 Å². The molecule has 0 fully saturated rings. The van der Waals surface area contributed by atoms with Gasteiger partial charge < -0.3 is 4.55 Å². The molecule has 0 radical (unpaired) electrons. The van der Waals surface area contributed by atoms with Crippen molar-refractivity contribution in [3.63, 3.8) is 0 Å². The Balaban J connectivity index is 0.00000441. The normalized spacial score (nSPS) is 12.7. The first-order valence-corrected chi connectivity index (χ1v) is 9.45. The molecule has 1 aromatic carbocycles. The molecule has 0 spiro atoms. The van der Waals surface area contributed by atoms with Crippen molar-refractivity contribution in [1.82, 2.24) is 0 Å². The minimum Gasteiger partial charge on any atom is -0.744 e. The number of unbranched alkanes of at least 4 members (excludes halogenated alkanes) is 4. The molecule has 0 aliphatic carbocycles. The molecule has 0 aliphatic rings. The van der Waals surface area contributed by atoms with Crippen LogP contribution in [0, 0.1) is 0 Å². The molecule has 0 aliphatic heterocycles. The van der Waals surface area contributed by atoms with Crippen LogP contribution in [0.2, 0.25) is 0 Å². The van der Waals surface area contributed by atoms with Gasteiger partial charge in [0.25, 0.3) is 0 Å². The molecule has 0 aromatic heterocycles. The van der Waals surface area contributed by atoms with Crippen LogP contribution in [-0.2, 0) is 10.1 Å². The third kappa shape index (κ3) is 8.11. The number of hydrogen-bond acceptors (Lipinski definition) is 3. The molecule has 3 nitrogen and oxygen atoms in total. The minimum atomic E-state index is -4.34. The van der Waals surface area contributed by atoms with E-state index in [1.165, 1.54) is 50.7 Å². The molecule has 0 heterocycles. The standard InChI is InChI=1S/C17H28O3S.Na/c1-3-5-7-8-10-15(9-6-4-2)16-11-13-17(14-12-16)21(18,19)20;/h11-15H,3-10H2,1-2H3,(H,18,19,20);/q;+1/p-1. The van der Waals surface area contributed by atoms with Gasteiger partial charge in [-0.25, -0.2) is 8.42 Å². The molecular formula is C17H27NaO3S. The largest absolute Gasteiger partial charge is 1.00 e. The van der Waals surface area contributed by atoms with E-state index in [1.807, 2.05) is 12.1 Å². The molecule has 1 rings (SSSR count). The Labute approximate surface area is 157 Å². The second kappa shape index (κ2) is 11.6. The third-order valence-corrected chi connectivity index (χ3v) is 4.80. The first-order valence-electron chi connectivity index (χ1n) is 8.04. The van der Waals surface area contributed by atoms with E-state index in [0.717, 1.165) is 18.4 Å². The first kappa shape index (κ1) is 22.1. The van der Waals surface area contributed by atoms with Crippen molar-refractivity contribution in [2.24, 2.45) is 0 Å². The first-order chi connectivity index (χ1) is 9.99. The summed E-state index contributed by atoms with van der Waals surface area (Å²) >= 11 is 0. The average molecular weight is 334 g/mol. The zero-order valence-electron chi connectivity index (χ0n) is 14.2. The topological polar surface area (TPSA) is 57.2 Å². The fourth-order valence-corrected chi connectivity index (χ4v) is 3.12. The van der Waals surface area contributed by atoms with Crippen molar-refractivity contribution >= 4 is 10.1 Å². The predicted molar refractivity (Wildman–Crippen MR) is 85.4 cm³/mol. The van der Waals surface area contributed by atoms with Gasteiger partial charge in [-0.2, -0.15) is 0 Å². The van der Waals surface area contributed by atoms with Crippen LogP contribution >= 0.6 is 0 Å². The summed E-state index contributed by atoms with van der Waals surface area (Å²) in [6.07, 6.45) is 9.59. The molecule has 0 saturated carbocycles. The van der Waals surface area contributed by atoms with Gasteiger partial charge in [0.1, 0.15) is 10.1 Å². The second-order valence-corrected chi connectivity index (χ2v) is 7.09. The Hall–Kier alpha value is 0.130. The van der Waals surface area contributed by atoms with Crippen molar-refractivity contribution in [3.8, 4) is 0 Å². The molecule has 0 N–H and O–H groups in total. The fourth-order valence-electron chi connectivity index (χ4n) is 2.65. The van der Waals surface area contributed by atoms with E-state index in [2.05, 4.69) is 13.8 Å². The van der Waals surface area contributed by atoms with Gasteiger partial charge in [0.15, 0.2) is 0 Å². The molecule has 1 aromatic rings. The molecular weight excluding hydrogens is 307 g/mol. The van der Waals surface area contributed by atoms with Gasteiger partial charge >= 0.3 is 29.6 Å². The van der Waals surface area contributed by atoms with Gasteiger partial charge in [-0.05, 0) is 36.5 Å². The third-order valence-electron chi connectivity index (χ3n) is 3.95. The summed E-state index contributed by atoms with van der Waals surface area (Å²) in [5, 5.41) is 0. The van der Waals surface area contributed by atoms with Crippen LogP contribution in [0.4, 0.5) is 0 Å². The van der Waals surface area contributed by atoms with Gasteiger partial charge in [-0.3, -0.25) is 0 Å². The smallest absolute Gasteiger partial charge is 0.744 e. The number of hydrogen-bond donors (Lipinski definition) is 0. The van der Waals surface area contributed by atoms with Gasteiger partial charge in [0, 0.05) is 0 Å². The van der Waals surface area contributed by atoms with Crippen LogP contribution in [0.25, 0.3) is 0 Å². The van der Waals surface area contributed by atoms with Gasteiger partial charge in [-0.15, -0.1) is 0 Å². The Morgan fingerprint density at radius 3 is 1.95 bits per heavy atom. The van der Waals surface area contributed by atoms with Crippen molar-refractivity contribution in [2.75, 3.05) is 0 Å². The summed E-state index contributed by atoms with van der Waals surface area (Å²) in [7, 11) is -4.34. The van der Waals surface area contributed by atoms with Crippen molar-refractivity contribution in [2.45, 2.75) is 76.0 Å². The zero-order chi connectivity index (χ0) is 15.7. The molecule has 1 atom stereocenters. The average Bonchev–Trinajstić information content (AvgIpc) is 2.46. The fraction of sp³-hybridized carbons (Fsp3) is 0.647. The Morgan fingerprint density at radius 1 is 0.909 bits per heavy atom. The van der Waals surface area contributed by atoms with Gasteiger partial charge in [0.05, 0.1) is 4.90 Å². The van der Waals surface area contributed by atoms with Crippen LogP contribution in [0.15, 0.2) is 29.2 Å².